The van der Waals surface area contributed by atoms with Crippen LogP contribution in [-0.4, -0.2) is 57.5 Å². The Hall–Kier alpha value is -3.08. The summed E-state index contributed by atoms with van der Waals surface area (Å²) in [6.07, 6.45) is -2.39. The highest BCUT2D eigenvalue weighted by Crippen LogP contribution is 2.27. The summed E-state index contributed by atoms with van der Waals surface area (Å²) in [4.78, 5) is 40.0. The van der Waals surface area contributed by atoms with E-state index >= 15 is 0 Å². The first-order chi connectivity index (χ1) is 15.1. The fourth-order valence-corrected chi connectivity index (χ4v) is 4.20. The molecule has 1 aromatic carbocycles. The molecule has 0 radical (unpaired) electrons. The second kappa shape index (κ2) is 8.45. The molecule has 0 spiro atoms. The van der Waals surface area contributed by atoms with Crippen LogP contribution in [0.15, 0.2) is 29.1 Å². The molecular weight excluding hydrogens is 432 g/mol. The second-order valence-corrected chi connectivity index (χ2v) is 8.03. The summed E-state index contributed by atoms with van der Waals surface area (Å²) in [5.74, 6) is -1.54. The molecule has 0 saturated carbocycles. The van der Waals surface area contributed by atoms with Crippen molar-refractivity contribution in [1.29, 1.82) is 0 Å². The number of Topliss-reactive ketones (excluding diaryl/α,β-unsaturated/α-hetero) is 1. The van der Waals surface area contributed by atoms with Crippen molar-refractivity contribution >= 4 is 11.7 Å². The number of amides is 1. The van der Waals surface area contributed by atoms with Crippen LogP contribution < -0.4 is 5.56 Å². The lowest BCUT2D eigenvalue weighted by atomic mass is 9.96. The number of ketones is 1. The summed E-state index contributed by atoms with van der Waals surface area (Å²) in [6.45, 7) is 0.789. The summed E-state index contributed by atoms with van der Waals surface area (Å²) in [6, 6.07) is 4.04. The van der Waals surface area contributed by atoms with E-state index in [1.807, 2.05) is 10.00 Å². The van der Waals surface area contributed by atoms with E-state index in [1.54, 1.807) is 0 Å². The maximum atomic E-state index is 14.5. The molecule has 1 atom stereocenters. The van der Waals surface area contributed by atoms with Gasteiger partial charge in [-0.2, -0.15) is 18.3 Å². The third-order valence-corrected chi connectivity index (χ3v) is 5.78. The fraction of sp³-hybridized carbons (Fsp3) is 0.429. The molecule has 11 heteroatoms. The molecule has 2 aromatic rings. The van der Waals surface area contributed by atoms with Gasteiger partial charge in [0.15, 0.2) is 5.78 Å². The number of H-pyrrole nitrogens is 1. The zero-order chi connectivity index (χ0) is 23.0. The van der Waals surface area contributed by atoms with Crippen LogP contribution in [0.2, 0.25) is 0 Å². The van der Waals surface area contributed by atoms with Gasteiger partial charge < -0.3 is 4.90 Å². The van der Waals surface area contributed by atoms with Crippen molar-refractivity contribution in [3.8, 4) is 0 Å². The minimum absolute atomic E-state index is 0.0852. The maximum Gasteiger partial charge on any atom is 0.421 e. The summed E-state index contributed by atoms with van der Waals surface area (Å²) < 4.78 is 53.4. The summed E-state index contributed by atoms with van der Waals surface area (Å²) in [5.41, 5.74) is -2.77. The molecule has 2 aliphatic rings. The van der Waals surface area contributed by atoms with E-state index in [2.05, 4.69) is 5.10 Å². The van der Waals surface area contributed by atoms with Gasteiger partial charge in [-0.25, -0.2) is 9.49 Å². The summed E-state index contributed by atoms with van der Waals surface area (Å²) in [7, 11) is 0. The Bertz CT molecular complexity index is 1110. The molecular formula is C21H20F4N4O3. The molecule has 3 heterocycles. The van der Waals surface area contributed by atoms with Crippen LogP contribution in [-0.2, 0) is 17.4 Å². The van der Waals surface area contributed by atoms with E-state index in [9.17, 15) is 31.9 Å². The van der Waals surface area contributed by atoms with Gasteiger partial charge in [0.1, 0.15) is 11.4 Å². The Morgan fingerprint density at radius 3 is 2.72 bits per heavy atom. The highest BCUT2D eigenvalue weighted by Gasteiger charge is 2.37. The number of aromatic amines is 1. The molecule has 4 rings (SSSR count). The van der Waals surface area contributed by atoms with Crippen molar-refractivity contribution in [2.75, 3.05) is 19.8 Å². The zero-order valence-corrected chi connectivity index (χ0v) is 16.9. The molecule has 2 aliphatic heterocycles. The van der Waals surface area contributed by atoms with Gasteiger partial charge in [-0.15, -0.1) is 0 Å². The number of nitrogens with one attached hydrogen (secondary N) is 1. The number of carbonyl (C=O) groups excluding carboxylic acids is 2. The number of hydrogen-bond acceptors (Lipinski definition) is 5. The lowest BCUT2D eigenvalue weighted by molar-refractivity contribution is -0.138. The number of halogens is 4. The number of alkyl halides is 3. The zero-order valence-electron chi connectivity index (χ0n) is 16.9. The van der Waals surface area contributed by atoms with Crippen molar-refractivity contribution < 1.29 is 27.2 Å². The van der Waals surface area contributed by atoms with Gasteiger partial charge in [-0.1, -0.05) is 12.5 Å². The van der Waals surface area contributed by atoms with E-state index in [1.165, 1.54) is 17.0 Å². The molecule has 2 fully saturated rings. The van der Waals surface area contributed by atoms with E-state index in [0.29, 0.717) is 18.2 Å². The highest BCUT2D eigenvalue weighted by molar-refractivity contribution is 5.98. The first kappa shape index (κ1) is 22.1. The maximum absolute atomic E-state index is 14.5. The van der Waals surface area contributed by atoms with Gasteiger partial charge in [0.05, 0.1) is 30.5 Å². The molecule has 1 amide bonds. The van der Waals surface area contributed by atoms with Crippen LogP contribution in [0.4, 0.5) is 17.6 Å². The molecule has 0 aliphatic carbocycles. The molecule has 170 valence electrons. The Kier molecular flexibility index (Phi) is 5.85. The minimum Gasteiger partial charge on any atom is -0.318 e. The average molecular weight is 452 g/mol. The van der Waals surface area contributed by atoms with Gasteiger partial charge in [-0.3, -0.25) is 19.3 Å². The quantitative estimate of drug-likeness (QED) is 0.723. The number of fused-ring (bicyclic) bond motifs is 1. The lowest BCUT2D eigenvalue weighted by Gasteiger charge is -2.42. The first-order valence-corrected chi connectivity index (χ1v) is 10.1. The van der Waals surface area contributed by atoms with Crippen molar-refractivity contribution in [1.82, 2.24) is 20.0 Å². The van der Waals surface area contributed by atoms with Crippen LogP contribution in [0.1, 0.15) is 46.4 Å². The molecule has 2 saturated heterocycles. The predicted octanol–water partition coefficient (Wildman–Crippen LogP) is 2.36. The number of benzene rings is 1. The Morgan fingerprint density at radius 2 is 1.97 bits per heavy atom. The fourth-order valence-electron chi connectivity index (χ4n) is 4.20. The van der Waals surface area contributed by atoms with E-state index in [0.717, 1.165) is 25.3 Å². The summed E-state index contributed by atoms with van der Waals surface area (Å²) >= 11 is 0. The largest absolute Gasteiger partial charge is 0.421 e. The number of piperidine rings is 1. The van der Waals surface area contributed by atoms with Crippen molar-refractivity contribution in [2.45, 2.75) is 37.9 Å². The van der Waals surface area contributed by atoms with Gasteiger partial charge in [0.25, 0.3) is 11.5 Å². The van der Waals surface area contributed by atoms with Crippen LogP contribution in [0.3, 0.4) is 0 Å². The van der Waals surface area contributed by atoms with Crippen LogP contribution in [0, 0.1) is 5.82 Å². The molecule has 1 N–H and O–H groups in total. The molecule has 32 heavy (non-hydrogen) atoms. The molecule has 7 nitrogen and oxygen atoms in total. The Labute approximate surface area is 180 Å². The standard InChI is InChI=1S/C21H20F4N4O3/c22-16-5-4-12(7-13-9-15(21(23,24)25)19(31)27-26-13)8-14(16)20(32)29-10-18(30)17-3-1-2-6-28(17)11-29/h4-5,8-9,17H,1-3,6-7,10-11H2,(H,27,31)/t17-/m1/s1. The van der Waals surface area contributed by atoms with Gasteiger partial charge in [0.2, 0.25) is 0 Å². The van der Waals surface area contributed by atoms with E-state index < -0.39 is 29.0 Å². The third kappa shape index (κ3) is 4.43. The number of hydrogen-bond donors (Lipinski definition) is 1. The molecule has 0 bridgehead atoms. The van der Waals surface area contributed by atoms with Crippen LogP contribution in [0.25, 0.3) is 0 Å². The number of carbonyl (C=O) groups is 2. The van der Waals surface area contributed by atoms with E-state index in [4.69, 9.17) is 0 Å². The predicted molar refractivity (Wildman–Crippen MR) is 104 cm³/mol. The van der Waals surface area contributed by atoms with E-state index in [-0.39, 0.29) is 42.7 Å². The monoisotopic (exact) mass is 452 g/mol. The molecule has 1 aromatic heterocycles. The first-order valence-electron chi connectivity index (χ1n) is 10.1. The van der Waals surface area contributed by atoms with Crippen molar-refractivity contribution in [3.05, 3.63) is 62.8 Å². The number of nitrogens with zero attached hydrogens (tertiary/aromatic N) is 3. The van der Waals surface area contributed by atoms with Crippen molar-refractivity contribution in [3.63, 3.8) is 0 Å². The third-order valence-electron chi connectivity index (χ3n) is 5.78. The average Bonchev–Trinajstić information content (AvgIpc) is 2.75. The SMILES string of the molecule is O=C1CN(C(=O)c2cc(Cc3cc(C(F)(F)F)c(=O)[nH]n3)ccc2F)CN2CCCC[C@H]12. The lowest BCUT2D eigenvalue weighted by Crippen LogP contribution is -2.59. The second-order valence-electron chi connectivity index (χ2n) is 8.03. The van der Waals surface area contributed by atoms with Crippen LogP contribution in [0.5, 0.6) is 0 Å². The summed E-state index contributed by atoms with van der Waals surface area (Å²) in [5, 5.41) is 5.42. The number of aromatic nitrogens is 2. The van der Waals surface area contributed by atoms with Gasteiger partial charge in [-0.05, 0) is 36.6 Å². The normalized spacial score (nSPS) is 19.7. The smallest absolute Gasteiger partial charge is 0.318 e. The highest BCUT2D eigenvalue weighted by atomic mass is 19.4. The molecule has 0 unspecified atom stereocenters. The van der Waals surface area contributed by atoms with Gasteiger partial charge >= 0.3 is 6.18 Å². The topological polar surface area (TPSA) is 86.4 Å². The Balaban J connectivity index is 1.56. The Morgan fingerprint density at radius 1 is 1.19 bits per heavy atom. The van der Waals surface area contributed by atoms with Crippen LogP contribution >= 0.6 is 0 Å². The van der Waals surface area contributed by atoms with Crippen molar-refractivity contribution in [2.24, 2.45) is 0 Å². The minimum atomic E-state index is -4.84. The number of rotatable bonds is 3. The van der Waals surface area contributed by atoms with Gasteiger partial charge in [0, 0.05) is 13.0 Å².